The van der Waals surface area contributed by atoms with Gasteiger partial charge >= 0.3 is 0 Å². The van der Waals surface area contributed by atoms with Crippen molar-refractivity contribution in [2.75, 3.05) is 6.61 Å². The van der Waals surface area contributed by atoms with Crippen molar-refractivity contribution >= 4 is 17.6 Å². The molecule has 1 unspecified atom stereocenters. The SMILES string of the molecule is O=Cc1csc(CC2CCCO2)n1. The van der Waals surface area contributed by atoms with Crippen molar-refractivity contribution in [2.24, 2.45) is 0 Å². The molecule has 1 saturated heterocycles. The molecule has 0 aromatic carbocycles. The Morgan fingerprint density at radius 1 is 1.77 bits per heavy atom. The molecule has 0 saturated carbocycles. The fraction of sp³-hybridized carbons (Fsp3) is 0.556. The van der Waals surface area contributed by atoms with Crippen LogP contribution in [0.1, 0.15) is 28.3 Å². The third-order valence-electron chi connectivity index (χ3n) is 2.12. The molecular weight excluding hydrogens is 186 g/mol. The standard InChI is InChI=1S/C9H11NO2S/c11-5-7-6-13-9(10-7)4-8-2-1-3-12-8/h5-6,8H,1-4H2. The number of carbonyl (C=O) groups is 1. The number of hydrogen-bond donors (Lipinski definition) is 0. The van der Waals surface area contributed by atoms with Crippen LogP contribution in [0.3, 0.4) is 0 Å². The summed E-state index contributed by atoms with van der Waals surface area (Å²) >= 11 is 1.54. The zero-order valence-corrected chi connectivity index (χ0v) is 8.05. The van der Waals surface area contributed by atoms with Crippen molar-refractivity contribution < 1.29 is 9.53 Å². The Balaban J connectivity index is 1.96. The summed E-state index contributed by atoms with van der Waals surface area (Å²) in [6, 6.07) is 0. The Bertz CT molecular complexity index is 292. The van der Waals surface area contributed by atoms with E-state index in [9.17, 15) is 4.79 Å². The van der Waals surface area contributed by atoms with E-state index in [2.05, 4.69) is 4.98 Å². The van der Waals surface area contributed by atoms with E-state index in [-0.39, 0.29) is 0 Å². The summed E-state index contributed by atoms with van der Waals surface area (Å²) in [5.41, 5.74) is 0.540. The highest BCUT2D eigenvalue weighted by atomic mass is 32.1. The average molecular weight is 197 g/mol. The Morgan fingerprint density at radius 3 is 3.31 bits per heavy atom. The maximum Gasteiger partial charge on any atom is 0.169 e. The van der Waals surface area contributed by atoms with E-state index in [1.165, 1.54) is 11.3 Å². The predicted molar refractivity (Wildman–Crippen MR) is 50.2 cm³/mol. The normalized spacial score (nSPS) is 22.0. The van der Waals surface area contributed by atoms with Gasteiger partial charge in [-0.25, -0.2) is 4.98 Å². The van der Waals surface area contributed by atoms with Crippen molar-refractivity contribution in [2.45, 2.75) is 25.4 Å². The summed E-state index contributed by atoms with van der Waals surface area (Å²) in [4.78, 5) is 14.5. The Morgan fingerprint density at radius 2 is 2.69 bits per heavy atom. The Hall–Kier alpha value is -0.740. The molecule has 1 aliphatic heterocycles. The maximum atomic E-state index is 10.4. The maximum absolute atomic E-state index is 10.4. The van der Waals surface area contributed by atoms with Crippen molar-refractivity contribution in [1.29, 1.82) is 0 Å². The molecule has 2 rings (SSSR count). The van der Waals surface area contributed by atoms with Gasteiger partial charge in [0, 0.05) is 18.4 Å². The van der Waals surface area contributed by atoms with Gasteiger partial charge in [-0.15, -0.1) is 11.3 Å². The molecule has 1 aromatic heterocycles. The molecule has 70 valence electrons. The van der Waals surface area contributed by atoms with Crippen LogP contribution in [0.15, 0.2) is 5.38 Å². The number of hydrogen-bond acceptors (Lipinski definition) is 4. The lowest BCUT2D eigenvalue weighted by Crippen LogP contribution is -2.08. The van der Waals surface area contributed by atoms with E-state index in [1.54, 1.807) is 5.38 Å². The van der Waals surface area contributed by atoms with Crippen LogP contribution in [-0.2, 0) is 11.2 Å². The average Bonchev–Trinajstić information content (AvgIpc) is 2.76. The molecule has 13 heavy (non-hydrogen) atoms. The summed E-state index contributed by atoms with van der Waals surface area (Å²) in [6.45, 7) is 0.872. The summed E-state index contributed by atoms with van der Waals surface area (Å²) < 4.78 is 5.48. The summed E-state index contributed by atoms with van der Waals surface area (Å²) in [5, 5.41) is 2.80. The smallest absolute Gasteiger partial charge is 0.169 e. The fourth-order valence-corrected chi connectivity index (χ4v) is 2.28. The van der Waals surface area contributed by atoms with E-state index in [1.807, 2.05) is 0 Å². The molecule has 2 heterocycles. The third-order valence-corrected chi connectivity index (χ3v) is 3.01. The third kappa shape index (κ3) is 2.14. The molecule has 0 amide bonds. The summed E-state index contributed by atoms with van der Waals surface area (Å²) in [6.07, 6.45) is 4.24. The first-order valence-electron chi connectivity index (χ1n) is 4.39. The molecular formula is C9H11NO2S. The molecule has 1 fully saturated rings. The molecule has 1 aromatic rings. The van der Waals surface area contributed by atoms with E-state index >= 15 is 0 Å². The van der Waals surface area contributed by atoms with Crippen LogP contribution in [0.2, 0.25) is 0 Å². The lowest BCUT2D eigenvalue weighted by molar-refractivity contribution is 0.110. The van der Waals surface area contributed by atoms with Gasteiger partial charge in [-0.2, -0.15) is 0 Å². The van der Waals surface area contributed by atoms with Crippen LogP contribution in [0.25, 0.3) is 0 Å². The zero-order chi connectivity index (χ0) is 9.10. The molecule has 0 spiro atoms. The van der Waals surface area contributed by atoms with Crippen molar-refractivity contribution in [3.63, 3.8) is 0 Å². The Labute approximate surface area is 80.8 Å². The van der Waals surface area contributed by atoms with Crippen molar-refractivity contribution in [1.82, 2.24) is 4.98 Å². The number of aromatic nitrogens is 1. The molecule has 1 aliphatic rings. The summed E-state index contributed by atoms with van der Waals surface area (Å²) in [5.74, 6) is 0. The van der Waals surface area contributed by atoms with Gasteiger partial charge < -0.3 is 4.74 Å². The van der Waals surface area contributed by atoms with Crippen molar-refractivity contribution in [3.05, 3.63) is 16.1 Å². The first-order valence-corrected chi connectivity index (χ1v) is 5.27. The number of aldehydes is 1. The largest absolute Gasteiger partial charge is 0.378 e. The summed E-state index contributed by atoms with van der Waals surface area (Å²) in [7, 11) is 0. The van der Waals surface area contributed by atoms with E-state index in [0.29, 0.717) is 11.8 Å². The number of carbonyl (C=O) groups excluding carboxylic acids is 1. The molecule has 4 heteroatoms. The fourth-order valence-electron chi connectivity index (χ4n) is 1.47. The predicted octanol–water partition coefficient (Wildman–Crippen LogP) is 1.68. The molecule has 0 radical (unpaired) electrons. The van der Waals surface area contributed by atoms with Gasteiger partial charge in [-0.3, -0.25) is 4.79 Å². The van der Waals surface area contributed by atoms with E-state index in [0.717, 1.165) is 37.2 Å². The van der Waals surface area contributed by atoms with Gasteiger partial charge in [0.2, 0.25) is 0 Å². The van der Waals surface area contributed by atoms with Crippen LogP contribution >= 0.6 is 11.3 Å². The monoisotopic (exact) mass is 197 g/mol. The number of ether oxygens (including phenoxy) is 1. The highest BCUT2D eigenvalue weighted by Crippen LogP contribution is 2.19. The van der Waals surface area contributed by atoms with Crippen LogP contribution in [0.5, 0.6) is 0 Å². The second kappa shape index (κ2) is 3.98. The minimum absolute atomic E-state index is 0.325. The number of rotatable bonds is 3. The Kier molecular flexibility index (Phi) is 2.71. The lowest BCUT2D eigenvalue weighted by Gasteiger charge is -2.04. The first kappa shape index (κ1) is 8.84. The highest BCUT2D eigenvalue weighted by Gasteiger charge is 2.17. The quantitative estimate of drug-likeness (QED) is 0.692. The van der Waals surface area contributed by atoms with Crippen LogP contribution in [-0.4, -0.2) is 24.0 Å². The molecule has 0 aliphatic carbocycles. The van der Waals surface area contributed by atoms with Gasteiger partial charge in [0.05, 0.1) is 11.1 Å². The zero-order valence-electron chi connectivity index (χ0n) is 7.23. The van der Waals surface area contributed by atoms with Crippen LogP contribution < -0.4 is 0 Å². The first-order chi connectivity index (χ1) is 6.38. The molecule has 0 N–H and O–H groups in total. The number of nitrogens with zero attached hydrogens (tertiary/aromatic N) is 1. The van der Waals surface area contributed by atoms with Gasteiger partial charge in [0.25, 0.3) is 0 Å². The van der Waals surface area contributed by atoms with Crippen molar-refractivity contribution in [3.8, 4) is 0 Å². The van der Waals surface area contributed by atoms with Gasteiger partial charge in [0.15, 0.2) is 6.29 Å². The molecule has 3 nitrogen and oxygen atoms in total. The van der Waals surface area contributed by atoms with Crippen LogP contribution in [0.4, 0.5) is 0 Å². The number of thiazole rings is 1. The van der Waals surface area contributed by atoms with E-state index < -0.39 is 0 Å². The minimum Gasteiger partial charge on any atom is -0.378 e. The second-order valence-electron chi connectivity index (χ2n) is 3.12. The highest BCUT2D eigenvalue weighted by molar-refractivity contribution is 7.09. The van der Waals surface area contributed by atoms with E-state index in [4.69, 9.17) is 4.74 Å². The molecule has 1 atom stereocenters. The minimum atomic E-state index is 0.325. The van der Waals surface area contributed by atoms with Gasteiger partial charge in [0.1, 0.15) is 5.69 Å². The lowest BCUT2D eigenvalue weighted by atomic mass is 10.2. The van der Waals surface area contributed by atoms with Gasteiger partial charge in [-0.05, 0) is 12.8 Å². The topological polar surface area (TPSA) is 39.2 Å². The van der Waals surface area contributed by atoms with Crippen LogP contribution in [0, 0.1) is 0 Å². The molecule has 0 bridgehead atoms. The van der Waals surface area contributed by atoms with Gasteiger partial charge in [-0.1, -0.05) is 0 Å². The second-order valence-corrected chi connectivity index (χ2v) is 4.07.